The smallest absolute Gasteiger partial charge is 0.253 e. The normalized spacial score (nSPS) is 12.5. The Morgan fingerprint density at radius 2 is 2.14 bits per heavy atom. The summed E-state index contributed by atoms with van der Waals surface area (Å²) in [5.41, 5.74) is 1.67. The predicted octanol–water partition coefficient (Wildman–Crippen LogP) is 3.79. The van der Waals surface area contributed by atoms with E-state index in [1.165, 1.54) is 11.9 Å². The second kappa shape index (κ2) is 9.30. The molecule has 0 bridgehead atoms. The number of amides is 1. The average Bonchev–Trinajstić information content (AvgIpc) is 3.31. The van der Waals surface area contributed by atoms with Crippen LogP contribution in [0.5, 0.6) is 0 Å². The lowest BCUT2D eigenvalue weighted by Crippen LogP contribution is -2.24. The topological polar surface area (TPSA) is 80.9 Å². The maximum atomic E-state index is 12.0. The molecule has 0 radical (unpaired) electrons. The number of carbonyl (C=O) groups excluding carboxylic acids is 1. The minimum atomic E-state index is -0.0155. The first-order valence-electron chi connectivity index (χ1n) is 9.83. The summed E-state index contributed by atoms with van der Waals surface area (Å²) in [6.45, 7) is 7.90. The number of fused-ring (bicyclic) bond motifs is 1. The van der Waals surface area contributed by atoms with E-state index in [2.05, 4.69) is 53.0 Å². The second-order valence-electron chi connectivity index (χ2n) is 7.48. The van der Waals surface area contributed by atoms with Gasteiger partial charge in [-0.3, -0.25) is 13.8 Å². The van der Waals surface area contributed by atoms with Gasteiger partial charge in [0.05, 0.1) is 11.9 Å². The zero-order chi connectivity index (χ0) is 21.0. The van der Waals surface area contributed by atoms with Crippen molar-refractivity contribution in [3.8, 4) is 0 Å². The van der Waals surface area contributed by atoms with Crippen molar-refractivity contribution >= 4 is 40.5 Å². The van der Waals surface area contributed by atoms with Gasteiger partial charge < -0.3 is 9.88 Å². The van der Waals surface area contributed by atoms with E-state index in [0.29, 0.717) is 17.8 Å². The molecule has 0 aromatic carbocycles. The first-order chi connectivity index (χ1) is 13.9. The van der Waals surface area contributed by atoms with E-state index in [1.807, 2.05) is 12.5 Å². The van der Waals surface area contributed by atoms with Gasteiger partial charge in [-0.1, -0.05) is 39.1 Å². The third kappa shape index (κ3) is 5.09. The molecule has 156 valence electrons. The summed E-state index contributed by atoms with van der Waals surface area (Å²) >= 11 is 1.38. The maximum Gasteiger partial charge on any atom is 0.253 e. The number of hydrogen-bond acceptors (Lipinski definition) is 6. The number of rotatable bonds is 9. The van der Waals surface area contributed by atoms with Gasteiger partial charge in [0.15, 0.2) is 0 Å². The van der Waals surface area contributed by atoms with Gasteiger partial charge >= 0.3 is 0 Å². The summed E-state index contributed by atoms with van der Waals surface area (Å²) in [5, 5.41) is 8.46. The van der Waals surface area contributed by atoms with E-state index in [0.717, 1.165) is 29.7 Å². The molecule has 0 spiro atoms. The fraction of sp³-hybridized carbons (Fsp3) is 0.500. The molecule has 3 heterocycles. The average molecular weight is 416 g/mol. The lowest BCUT2D eigenvalue weighted by Gasteiger charge is -2.20. The molecule has 0 aliphatic rings. The molecular weight excluding hydrogens is 386 g/mol. The van der Waals surface area contributed by atoms with E-state index < -0.39 is 0 Å². The molecule has 0 unspecified atom stereocenters. The highest BCUT2D eigenvalue weighted by Gasteiger charge is 2.15. The van der Waals surface area contributed by atoms with Crippen LogP contribution in [-0.4, -0.2) is 47.8 Å². The van der Waals surface area contributed by atoms with Crippen molar-refractivity contribution in [1.29, 1.82) is 0 Å². The van der Waals surface area contributed by atoms with Gasteiger partial charge in [-0.05, 0) is 17.9 Å². The van der Waals surface area contributed by atoms with Crippen molar-refractivity contribution < 1.29 is 4.79 Å². The van der Waals surface area contributed by atoms with Crippen LogP contribution in [-0.2, 0) is 17.9 Å². The quantitative estimate of drug-likeness (QED) is 0.536. The van der Waals surface area contributed by atoms with Gasteiger partial charge in [-0.25, -0.2) is 4.98 Å². The number of hydrogen-bond donors (Lipinski definition) is 1. The zero-order valence-corrected chi connectivity index (χ0v) is 18.5. The van der Waals surface area contributed by atoms with E-state index >= 15 is 0 Å². The number of carbonyl (C=O) groups is 1. The molecule has 0 fully saturated rings. The summed E-state index contributed by atoms with van der Waals surface area (Å²) < 4.78 is 5.39. The molecular formula is C20H29N7OS. The van der Waals surface area contributed by atoms with Crippen LogP contribution in [0, 0.1) is 11.8 Å². The molecule has 0 saturated heterocycles. The van der Waals surface area contributed by atoms with E-state index in [9.17, 15) is 4.79 Å². The van der Waals surface area contributed by atoms with Crippen molar-refractivity contribution in [2.45, 2.75) is 40.3 Å². The number of nitrogens with one attached hydrogen (secondary N) is 1. The third-order valence-electron chi connectivity index (χ3n) is 5.21. The van der Waals surface area contributed by atoms with Gasteiger partial charge in [0.25, 0.3) is 5.91 Å². The fourth-order valence-electron chi connectivity index (χ4n) is 3.23. The minimum Gasteiger partial charge on any atom is -0.332 e. The highest BCUT2D eigenvalue weighted by Crippen LogP contribution is 2.22. The molecule has 9 heteroatoms. The SMILES string of the molecule is CC[C@H](Cn1ccc2cnc(Nc3cnn(CC(=O)N(C)SC)c3)nc21)C(C)C. The monoisotopic (exact) mass is 415 g/mol. The van der Waals surface area contributed by atoms with Gasteiger partial charge in [-0.2, -0.15) is 10.1 Å². The van der Waals surface area contributed by atoms with Gasteiger partial charge in [0.2, 0.25) is 5.95 Å². The van der Waals surface area contributed by atoms with Gasteiger partial charge in [0.1, 0.15) is 12.2 Å². The van der Waals surface area contributed by atoms with Crippen molar-refractivity contribution in [3.05, 3.63) is 30.9 Å². The van der Waals surface area contributed by atoms with E-state index in [1.54, 1.807) is 28.4 Å². The number of aromatic nitrogens is 5. The first kappa shape index (κ1) is 21.2. The van der Waals surface area contributed by atoms with Crippen LogP contribution in [0.2, 0.25) is 0 Å². The van der Waals surface area contributed by atoms with Crippen molar-refractivity contribution in [2.75, 3.05) is 18.6 Å². The Bertz CT molecular complexity index is 965. The summed E-state index contributed by atoms with van der Waals surface area (Å²) in [7, 11) is 1.75. The Kier molecular flexibility index (Phi) is 6.79. The Labute approximate surface area is 175 Å². The largest absolute Gasteiger partial charge is 0.332 e. The lowest BCUT2D eigenvalue weighted by atomic mass is 9.93. The Morgan fingerprint density at radius 3 is 2.83 bits per heavy atom. The molecule has 0 aliphatic carbocycles. The Balaban J connectivity index is 1.74. The minimum absolute atomic E-state index is 0.0155. The van der Waals surface area contributed by atoms with Crippen molar-refractivity contribution in [2.24, 2.45) is 11.8 Å². The fourth-order valence-corrected chi connectivity index (χ4v) is 3.49. The number of likely N-dealkylation sites (N-methyl/N-ethyl adjacent to an activating group) is 1. The van der Waals surface area contributed by atoms with Crippen LogP contribution in [0.15, 0.2) is 30.9 Å². The molecule has 8 nitrogen and oxygen atoms in total. The molecule has 0 saturated carbocycles. The maximum absolute atomic E-state index is 12.0. The van der Waals surface area contributed by atoms with Crippen molar-refractivity contribution in [3.63, 3.8) is 0 Å². The van der Waals surface area contributed by atoms with Gasteiger partial charge in [0, 0.05) is 43.8 Å². The van der Waals surface area contributed by atoms with Crippen molar-refractivity contribution in [1.82, 2.24) is 28.6 Å². The highest BCUT2D eigenvalue weighted by atomic mass is 32.2. The molecule has 3 rings (SSSR count). The molecule has 0 aliphatic heterocycles. The van der Waals surface area contributed by atoms with Crippen LogP contribution in [0.1, 0.15) is 27.2 Å². The standard InChI is InChI=1S/C20H29N7OS/c1-6-15(14(2)3)11-26-8-7-16-9-21-20(24-19(16)26)23-17-10-22-27(12-17)13-18(28)25(4)29-5/h7-10,12,14-15H,6,11,13H2,1-5H3,(H,21,23,24)/t15-/m1/s1. The predicted molar refractivity (Wildman–Crippen MR) is 118 cm³/mol. The highest BCUT2D eigenvalue weighted by molar-refractivity contribution is 7.96. The third-order valence-corrected chi connectivity index (χ3v) is 5.96. The molecule has 1 amide bonds. The summed E-state index contributed by atoms with van der Waals surface area (Å²) in [6, 6.07) is 2.05. The summed E-state index contributed by atoms with van der Waals surface area (Å²) in [5.74, 6) is 1.73. The molecule has 1 atom stereocenters. The zero-order valence-electron chi connectivity index (χ0n) is 17.7. The van der Waals surface area contributed by atoms with Crippen LogP contribution >= 0.6 is 11.9 Å². The molecule has 3 aromatic rings. The Hall–Kier alpha value is -2.55. The van der Waals surface area contributed by atoms with Gasteiger partial charge in [-0.15, -0.1) is 0 Å². The molecule has 3 aromatic heterocycles. The van der Waals surface area contributed by atoms with E-state index in [4.69, 9.17) is 4.98 Å². The first-order valence-corrected chi connectivity index (χ1v) is 11.0. The molecule has 1 N–H and O–H groups in total. The second-order valence-corrected chi connectivity index (χ2v) is 8.39. The van der Waals surface area contributed by atoms with Crippen LogP contribution in [0.4, 0.5) is 11.6 Å². The number of nitrogens with zero attached hydrogens (tertiary/aromatic N) is 6. The Morgan fingerprint density at radius 1 is 1.34 bits per heavy atom. The lowest BCUT2D eigenvalue weighted by molar-refractivity contribution is -0.126. The number of anilines is 2. The van der Waals surface area contributed by atoms with Crippen LogP contribution in [0.25, 0.3) is 11.0 Å². The van der Waals surface area contributed by atoms with E-state index in [-0.39, 0.29) is 12.5 Å². The summed E-state index contributed by atoms with van der Waals surface area (Å²) in [4.78, 5) is 21.1. The summed E-state index contributed by atoms with van der Waals surface area (Å²) in [6.07, 6.45) is 10.4. The van der Waals surface area contributed by atoms with Crippen LogP contribution in [0.3, 0.4) is 0 Å². The molecule has 29 heavy (non-hydrogen) atoms. The van der Waals surface area contributed by atoms with Crippen LogP contribution < -0.4 is 5.32 Å².